The molecule has 6 aliphatic heterocycles. The number of aliphatic hydroxyl groups excluding tert-OH is 1. The highest BCUT2D eigenvalue weighted by atomic mass is 16.5. The first-order valence-electron chi connectivity index (χ1n) is 31.6. The van der Waals surface area contributed by atoms with Crippen molar-refractivity contribution in [3.05, 3.63) is 58.4 Å². The van der Waals surface area contributed by atoms with Crippen LogP contribution in [0.4, 0.5) is 0 Å². The minimum absolute atomic E-state index is 0.0269. The Morgan fingerprint density at radius 1 is 0.524 bits per heavy atom. The molecule has 16 heteroatoms. The van der Waals surface area contributed by atoms with Gasteiger partial charge >= 0.3 is 5.69 Å². The van der Waals surface area contributed by atoms with E-state index >= 15 is 0 Å². The summed E-state index contributed by atoms with van der Waals surface area (Å²) in [5.74, 6) is 2.76. The van der Waals surface area contributed by atoms with Crippen LogP contribution in [-0.2, 0) is 25.2 Å². The van der Waals surface area contributed by atoms with Crippen molar-refractivity contribution >= 4 is 28.6 Å². The number of nitrogens with one attached hydrogen (secondary N) is 6. The van der Waals surface area contributed by atoms with Crippen LogP contribution in [-0.4, -0.2) is 140 Å². The molecule has 0 radical (unpaired) electrons. The number of amides is 3. The smallest absolute Gasteiger partial charge is 0.323 e. The molecule has 0 bridgehead atoms. The minimum atomic E-state index is -0.134. The highest BCUT2D eigenvalue weighted by Crippen LogP contribution is 2.36. The maximum absolute atomic E-state index is 11.1. The zero-order chi connectivity index (χ0) is 64.6. The van der Waals surface area contributed by atoms with Gasteiger partial charge in [-0.05, 0) is 130 Å². The predicted molar refractivity (Wildman–Crippen MR) is 350 cm³/mol. The lowest BCUT2D eigenvalue weighted by molar-refractivity contribution is -0.125. The van der Waals surface area contributed by atoms with Crippen molar-refractivity contribution in [2.24, 2.45) is 51.1 Å². The largest absolute Gasteiger partial charge is 0.390 e. The molecule has 6 saturated heterocycles. The van der Waals surface area contributed by atoms with E-state index in [4.69, 9.17) is 16.0 Å². The highest BCUT2D eigenvalue weighted by Gasteiger charge is 2.36. The van der Waals surface area contributed by atoms with Crippen molar-refractivity contribution in [3.8, 4) is 0 Å². The number of benzene rings is 1. The minimum Gasteiger partial charge on any atom is -0.390 e. The average molecular weight is 1180 g/mol. The Bertz CT molecular complexity index is 2460. The summed E-state index contributed by atoms with van der Waals surface area (Å²) >= 11 is 0. The van der Waals surface area contributed by atoms with Crippen LogP contribution in [0.1, 0.15) is 222 Å². The molecule has 6 aliphatic rings. The molecule has 484 valence electrons. The number of fused-ring (bicyclic) bond motifs is 1. The number of hydrogen-bond acceptors (Lipinski definition) is 10. The van der Waals surface area contributed by atoms with Crippen LogP contribution >= 0.6 is 0 Å². The number of para-hydroxylation sites is 1. The molecule has 0 aliphatic carbocycles. The van der Waals surface area contributed by atoms with E-state index in [2.05, 4.69) is 217 Å². The van der Waals surface area contributed by atoms with Gasteiger partial charge in [-0.2, -0.15) is 5.06 Å². The summed E-state index contributed by atoms with van der Waals surface area (Å²) in [4.78, 5) is 56.8. The number of imidazole rings is 1. The van der Waals surface area contributed by atoms with Crippen LogP contribution in [0.5, 0.6) is 0 Å². The Morgan fingerprint density at radius 3 is 1.35 bits per heavy atom. The molecule has 8 heterocycles. The SMILES string of the molecule is CC(C)(C)C1CCN(O)CC1.CC(C)(C)C1CCNC(=O)C1.CC(C)(C)C1CCNC1=O.CC(C)(C)C1CNC(=O)C1.CC(C)(C)N1CC(O)C1.CC(C)(C)N1CC[C@H](N)C1.CC(C)(C)c1c[nH]c(=O)[nH]1.CC(C)(C)c1c[nH]c2ccccc12. The number of piperidine rings is 2. The van der Waals surface area contributed by atoms with Gasteiger partial charge in [-0.25, -0.2) is 4.79 Å². The first kappa shape index (κ1) is 76.0. The third-order valence-electron chi connectivity index (χ3n) is 17.2. The van der Waals surface area contributed by atoms with E-state index in [9.17, 15) is 19.2 Å². The predicted octanol–water partition coefficient (Wildman–Crippen LogP) is 11.8. The highest BCUT2D eigenvalue weighted by molar-refractivity contribution is 5.84. The Hall–Kier alpha value is -4.06. The standard InChI is InChI=1S/C12H15N.C9H19NO.C9H17NO.C8H18N2.2C8H15NO.C7H12N2O.C7H15NO/c1-12(2,3)10-8-13-11-7-5-4-6-9(10)11;1-9(2,3)8-4-6-10(11)7-5-8;1-9(2,3)7-4-5-10-8(11)6-7;1-8(2,3)10-5-4-7(9)6-10;1-8(2,3)6-4-7(10)9-5-6;1-8(2,3)6-4-5-9-7(6)10;1-7(2,3)5-4-8-6(10)9-5;1-7(2,3)8-4-6(9)5-8/h4-8,13H,1-3H3;8,11H,4-7H2,1-3H3;7H,4-6H2,1-3H3,(H,10,11);7H,4-6,9H2,1-3H3;2*6H,4-5H2,1-3H3,(H,9,10);4H,1-3H3,(H2,8,9,10);6,9H,4-5H2,1-3H3/t;;;7-;;;;/m...0..../s1. The lowest BCUT2D eigenvalue weighted by Gasteiger charge is -2.45. The van der Waals surface area contributed by atoms with E-state index in [1.807, 2.05) is 20.8 Å². The van der Waals surface area contributed by atoms with Crippen molar-refractivity contribution in [2.75, 3.05) is 58.9 Å². The molecular formula is C68H126N10O6. The van der Waals surface area contributed by atoms with Crippen LogP contribution in [0.3, 0.4) is 0 Å². The number of rotatable bonds is 0. The molecule has 84 heavy (non-hydrogen) atoms. The van der Waals surface area contributed by atoms with Crippen molar-refractivity contribution in [2.45, 2.75) is 245 Å². The summed E-state index contributed by atoms with van der Waals surface area (Å²) < 4.78 is 0. The number of aromatic nitrogens is 3. The van der Waals surface area contributed by atoms with Crippen molar-refractivity contribution in [1.29, 1.82) is 0 Å². The molecule has 3 unspecified atom stereocenters. The van der Waals surface area contributed by atoms with Crippen molar-refractivity contribution in [3.63, 3.8) is 0 Å². The zero-order valence-corrected chi connectivity index (χ0v) is 57.7. The van der Waals surface area contributed by atoms with Crippen LogP contribution in [0, 0.1) is 45.3 Å². The second-order valence-electron chi connectivity index (χ2n) is 32.9. The molecular weight excluding hydrogens is 1050 g/mol. The fraction of sp³-hybridized carbons (Fsp3) is 0.794. The topological polar surface area (TPSA) is 228 Å². The summed E-state index contributed by atoms with van der Waals surface area (Å²) in [5.41, 5.74) is 11.1. The van der Waals surface area contributed by atoms with Gasteiger partial charge in [0.25, 0.3) is 0 Å². The van der Waals surface area contributed by atoms with Crippen LogP contribution in [0.25, 0.3) is 10.9 Å². The third-order valence-corrected chi connectivity index (χ3v) is 17.2. The van der Waals surface area contributed by atoms with Gasteiger partial charge in [-0.3, -0.25) is 24.2 Å². The van der Waals surface area contributed by atoms with Crippen LogP contribution in [0.2, 0.25) is 0 Å². The number of carbonyl (C=O) groups is 3. The van der Waals surface area contributed by atoms with Gasteiger partial charge in [-0.1, -0.05) is 143 Å². The van der Waals surface area contributed by atoms with E-state index in [-0.39, 0.29) is 68.0 Å². The Balaban J connectivity index is 0.000000328. The van der Waals surface area contributed by atoms with Crippen LogP contribution < -0.4 is 27.4 Å². The normalized spacial score (nSPS) is 22.3. The number of nitrogens with two attached hydrogens (primary N) is 1. The fourth-order valence-electron chi connectivity index (χ4n) is 10.7. The Morgan fingerprint density at radius 2 is 1.04 bits per heavy atom. The molecule has 6 fully saturated rings. The Kier molecular flexibility index (Phi) is 28.7. The van der Waals surface area contributed by atoms with Gasteiger partial charge in [0.15, 0.2) is 0 Å². The lowest BCUT2D eigenvalue weighted by Crippen LogP contribution is -2.58. The number of likely N-dealkylation sites (tertiary alicyclic amines) is 2. The maximum Gasteiger partial charge on any atom is 0.323 e. The number of aromatic amines is 3. The third kappa shape index (κ3) is 27.8. The molecule has 1 aromatic carbocycles. The second-order valence-corrected chi connectivity index (χ2v) is 32.9. The lowest BCUT2D eigenvalue weighted by atomic mass is 9.75. The molecule has 2 aromatic heterocycles. The summed E-state index contributed by atoms with van der Waals surface area (Å²) in [6.45, 7) is 60.6. The van der Waals surface area contributed by atoms with E-state index in [1.54, 1.807) is 6.20 Å². The van der Waals surface area contributed by atoms with Gasteiger partial charge < -0.3 is 46.9 Å². The summed E-state index contributed by atoms with van der Waals surface area (Å²) in [6.07, 6.45) is 10.8. The number of aliphatic hydroxyl groups is 1. The first-order valence-corrected chi connectivity index (χ1v) is 31.6. The average Bonchev–Trinajstić information content (AvgIpc) is 4.29. The number of hydrogen-bond donors (Lipinski definition) is 9. The van der Waals surface area contributed by atoms with Crippen LogP contribution in [0.15, 0.2) is 41.5 Å². The Labute approximate surface area is 510 Å². The summed E-state index contributed by atoms with van der Waals surface area (Å²) in [5, 5.41) is 29.4. The maximum atomic E-state index is 11.1. The first-order chi connectivity index (χ1) is 38.1. The van der Waals surface area contributed by atoms with Gasteiger partial charge in [0.2, 0.25) is 17.7 Å². The zero-order valence-electron chi connectivity index (χ0n) is 57.7. The van der Waals surface area contributed by atoms with E-state index in [1.165, 1.54) is 28.1 Å². The molecule has 0 spiro atoms. The van der Waals surface area contributed by atoms with Gasteiger partial charge in [0, 0.05) is 129 Å². The van der Waals surface area contributed by atoms with Crippen molar-refractivity contribution in [1.82, 2.24) is 45.8 Å². The number of β-amino-alcohol motifs (C(OH)–C–C–N with tert-alkyl or cyclic N) is 1. The number of carbonyl (C=O) groups excluding carboxylic acids is 3. The summed E-state index contributed by atoms with van der Waals surface area (Å²) in [6, 6.07) is 8.85. The van der Waals surface area contributed by atoms with Gasteiger partial charge in [0.05, 0.1) is 6.10 Å². The molecule has 10 N–H and O–H groups in total. The number of hydroxylamine groups is 2. The fourth-order valence-corrected chi connectivity index (χ4v) is 10.7. The van der Waals surface area contributed by atoms with Gasteiger partial charge in [-0.15, -0.1) is 0 Å². The molecule has 9 rings (SSSR count). The molecule has 16 nitrogen and oxygen atoms in total. The number of H-pyrrole nitrogens is 3. The molecule has 3 aromatic rings. The molecule has 4 atom stereocenters. The molecule has 0 saturated carbocycles. The van der Waals surface area contributed by atoms with E-state index < -0.39 is 0 Å². The quantitative estimate of drug-likeness (QED) is 0.103. The molecule has 3 amide bonds. The van der Waals surface area contributed by atoms with E-state index in [0.29, 0.717) is 41.7 Å². The second kappa shape index (κ2) is 31.7. The van der Waals surface area contributed by atoms with E-state index in [0.717, 1.165) is 96.1 Å². The number of nitrogens with zero attached hydrogens (tertiary/aromatic N) is 3. The van der Waals surface area contributed by atoms with Gasteiger partial charge in [0.1, 0.15) is 0 Å². The summed E-state index contributed by atoms with van der Waals surface area (Å²) in [7, 11) is 0. The monoisotopic (exact) mass is 1180 g/mol. The van der Waals surface area contributed by atoms with Crippen molar-refractivity contribution < 1.29 is 24.7 Å².